The van der Waals surface area contributed by atoms with Gasteiger partial charge in [0.15, 0.2) is 0 Å². The quantitative estimate of drug-likeness (QED) is 0.634. The number of hydrogen-bond acceptors (Lipinski definition) is 5. The molecule has 2 aliphatic rings. The average molecular weight is 397 g/mol. The molecular weight excluding hydrogens is 371 g/mol. The van der Waals surface area contributed by atoms with Gasteiger partial charge in [-0.05, 0) is 49.8 Å². The summed E-state index contributed by atoms with van der Waals surface area (Å²) < 4.78 is 14.2. The number of aromatic nitrogens is 2. The summed E-state index contributed by atoms with van der Waals surface area (Å²) in [5.74, 6) is 2.54. The molecule has 1 fully saturated rings. The molecule has 0 unspecified atom stereocenters. The molecule has 1 aromatic carbocycles. The van der Waals surface area contributed by atoms with E-state index in [0.29, 0.717) is 5.69 Å². The maximum Gasteiger partial charge on any atom is 0.146 e. The third-order valence-corrected chi connectivity index (χ3v) is 7.17. The monoisotopic (exact) mass is 396 g/mol. The Kier molecular flexibility index (Phi) is 4.46. The minimum Gasteiger partial charge on any atom is -0.366 e. The number of aryl methyl sites for hydroxylation is 2. The van der Waals surface area contributed by atoms with Crippen LogP contribution in [0.15, 0.2) is 24.3 Å². The normalized spacial score (nSPS) is 19.9. The second-order valence-electron chi connectivity index (χ2n) is 8.05. The van der Waals surface area contributed by atoms with E-state index in [9.17, 15) is 4.39 Å². The predicted molar refractivity (Wildman–Crippen MR) is 114 cm³/mol. The van der Waals surface area contributed by atoms with Crippen LogP contribution in [0.5, 0.6) is 0 Å². The van der Waals surface area contributed by atoms with Gasteiger partial charge in [-0.3, -0.25) is 0 Å². The van der Waals surface area contributed by atoms with Gasteiger partial charge in [0.2, 0.25) is 0 Å². The first-order valence-corrected chi connectivity index (χ1v) is 10.9. The maximum absolute atomic E-state index is 14.2. The largest absolute Gasteiger partial charge is 0.366 e. The van der Waals surface area contributed by atoms with Crippen LogP contribution in [0.1, 0.15) is 29.6 Å². The molecule has 0 amide bonds. The summed E-state index contributed by atoms with van der Waals surface area (Å²) in [7, 11) is 0. The molecule has 0 saturated carbocycles. The van der Waals surface area contributed by atoms with Crippen LogP contribution in [0.4, 0.5) is 15.9 Å². The number of fused-ring (bicyclic) bond motifs is 3. The molecule has 1 aliphatic heterocycles. The molecule has 3 aromatic rings. The van der Waals surface area contributed by atoms with Crippen molar-refractivity contribution in [3.8, 4) is 0 Å². The SMILES string of the molecule is Cc1nc(N2CCN(c3ccccc3F)CC2)c2c3c(sc2n1)C[C@@H](C)CC3. The first kappa shape index (κ1) is 17.9. The molecule has 2 aromatic heterocycles. The summed E-state index contributed by atoms with van der Waals surface area (Å²) in [6, 6.07) is 7.06. The molecule has 5 rings (SSSR count). The molecule has 1 saturated heterocycles. The number of halogens is 1. The lowest BCUT2D eigenvalue weighted by Gasteiger charge is -2.37. The average Bonchev–Trinajstić information content (AvgIpc) is 3.05. The van der Waals surface area contributed by atoms with Gasteiger partial charge in [-0.2, -0.15) is 0 Å². The highest BCUT2D eigenvalue weighted by Gasteiger charge is 2.27. The van der Waals surface area contributed by atoms with Crippen molar-refractivity contribution >= 4 is 33.1 Å². The van der Waals surface area contributed by atoms with E-state index in [1.165, 1.54) is 28.3 Å². The Morgan fingerprint density at radius 3 is 2.61 bits per heavy atom. The van der Waals surface area contributed by atoms with E-state index in [0.717, 1.165) is 61.4 Å². The van der Waals surface area contributed by atoms with Crippen LogP contribution in [-0.4, -0.2) is 36.1 Å². The van der Waals surface area contributed by atoms with Crippen molar-refractivity contribution in [3.05, 3.63) is 46.3 Å². The number of thiophene rings is 1. The zero-order valence-electron chi connectivity index (χ0n) is 16.4. The van der Waals surface area contributed by atoms with Gasteiger partial charge in [0.1, 0.15) is 22.3 Å². The van der Waals surface area contributed by atoms with Crippen molar-refractivity contribution in [2.75, 3.05) is 36.0 Å². The summed E-state index contributed by atoms with van der Waals surface area (Å²) >= 11 is 1.86. The van der Waals surface area contributed by atoms with E-state index in [1.54, 1.807) is 6.07 Å². The first-order chi connectivity index (χ1) is 13.6. The van der Waals surface area contributed by atoms with E-state index >= 15 is 0 Å². The van der Waals surface area contributed by atoms with Gasteiger partial charge in [0, 0.05) is 31.1 Å². The van der Waals surface area contributed by atoms with Crippen molar-refractivity contribution in [2.45, 2.75) is 33.1 Å². The molecule has 4 nitrogen and oxygen atoms in total. The molecule has 1 aliphatic carbocycles. The lowest BCUT2D eigenvalue weighted by atomic mass is 9.89. The van der Waals surface area contributed by atoms with Crippen LogP contribution >= 0.6 is 11.3 Å². The van der Waals surface area contributed by atoms with Crippen molar-refractivity contribution in [2.24, 2.45) is 5.92 Å². The number of anilines is 2. The minimum atomic E-state index is -0.141. The molecule has 0 radical (unpaired) electrons. The lowest BCUT2D eigenvalue weighted by Crippen LogP contribution is -2.47. The zero-order valence-corrected chi connectivity index (χ0v) is 17.2. The predicted octanol–water partition coefficient (Wildman–Crippen LogP) is 4.59. The lowest BCUT2D eigenvalue weighted by molar-refractivity contribution is 0.509. The molecule has 28 heavy (non-hydrogen) atoms. The van der Waals surface area contributed by atoms with Gasteiger partial charge in [-0.25, -0.2) is 14.4 Å². The molecule has 0 N–H and O–H groups in total. The van der Waals surface area contributed by atoms with E-state index in [2.05, 4.69) is 16.7 Å². The fourth-order valence-corrected chi connectivity index (χ4v) is 5.95. The molecule has 0 spiro atoms. The van der Waals surface area contributed by atoms with E-state index in [1.807, 2.05) is 30.4 Å². The van der Waals surface area contributed by atoms with Crippen LogP contribution < -0.4 is 9.80 Å². The zero-order chi connectivity index (χ0) is 19.3. The molecule has 0 bridgehead atoms. The molecule has 3 heterocycles. The van der Waals surface area contributed by atoms with Gasteiger partial charge >= 0.3 is 0 Å². The summed E-state index contributed by atoms with van der Waals surface area (Å²) in [5.41, 5.74) is 2.18. The number of nitrogens with zero attached hydrogens (tertiary/aromatic N) is 4. The van der Waals surface area contributed by atoms with Crippen molar-refractivity contribution in [1.82, 2.24) is 9.97 Å². The number of rotatable bonds is 2. The van der Waals surface area contributed by atoms with Crippen LogP contribution in [0, 0.1) is 18.7 Å². The Morgan fingerprint density at radius 1 is 1.07 bits per heavy atom. The minimum absolute atomic E-state index is 0.141. The van der Waals surface area contributed by atoms with E-state index < -0.39 is 0 Å². The summed E-state index contributed by atoms with van der Waals surface area (Å²) in [5, 5.41) is 1.27. The molecule has 146 valence electrons. The van der Waals surface area contributed by atoms with Crippen LogP contribution in [-0.2, 0) is 12.8 Å². The maximum atomic E-state index is 14.2. The third-order valence-electron chi connectivity index (χ3n) is 6.02. The summed E-state index contributed by atoms with van der Waals surface area (Å²) in [4.78, 5) is 16.8. The van der Waals surface area contributed by atoms with Gasteiger partial charge in [0.25, 0.3) is 0 Å². The molecule has 6 heteroatoms. The third kappa shape index (κ3) is 3.04. The Hall–Kier alpha value is -2.21. The Labute approximate surface area is 169 Å². The first-order valence-electron chi connectivity index (χ1n) is 10.1. The summed E-state index contributed by atoms with van der Waals surface area (Å²) in [6.07, 6.45) is 3.54. The number of benzene rings is 1. The van der Waals surface area contributed by atoms with Crippen molar-refractivity contribution in [3.63, 3.8) is 0 Å². The Morgan fingerprint density at radius 2 is 1.82 bits per heavy atom. The number of hydrogen-bond donors (Lipinski definition) is 0. The fourth-order valence-electron chi connectivity index (χ4n) is 4.52. The second-order valence-corrected chi connectivity index (χ2v) is 9.14. The molecular formula is C22H25FN4S. The number of para-hydroxylation sites is 1. The Balaban J connectivity index is 1.46. The van der Waals surface area contributed by atoms with E-state index in [4.69, 9.17) is 9.97 Å². The standard InChI is InChI=1S/C22H25FN4S/c1-14-7-8-16-19(13-14)28-22-20(16)21(24-15(2)25-22)27-11-9-26(10-12-27)18-6-4-3-5-17(18)23/h3-6,14H,7-13H2,1-2H3/t14-/m0/s1. The topological polar surface area (TPSA) is 32.3 Å². The highest BCUT2D eigenvalue weighted by molar-refractivity contribution is 7.19. The van der Waals surface area contributed by atoms with E-state index in [-0.39, 0.29) is 5.82 Å². The van der Waals surface area contributed by atoms with Crippen LogP contribution in [0.2, 0.25) is 0 Å². The Bertz CT molecular complexity index is 1020. The molecule has 1 atom stereocenters. The van der Waals surface area contributed by atoms with Gasteiger partial charge in [0.05, 0.1) is 11.1 Å². The van der Waals surface area contributed by atoms with Gasteiger partial charge in [-0.1, -0.05) is 19.1 Å². The van der Waals surface area contributed by atoms with Crippen LogP contribution in [0.25, 0.3) is 10.2 Å². The highest BCUT2D eigenvalue weighted by atomic mass is 32.1. The van der Waals surface area contributed by atoms with Gasteiger partial charge < -0.3 is 9.80 Å². The van der Waals surface area contributed by atoms with Crippen LogP contribution in [0.3, 0.4) is 0 Å². The second kappa shape index (κ2) is 6.99. The smallest absolute Gasteiger partial charge is 0.146 e. The van der Waals surface area contributed by atoms with Gasteiger partial charge in [-0.15, -0.1) is 11.3 Å². The summed E-state index contributed by atoms with van der Waals surface area (Å²) in [6.45, 7) is 7.62. The number of piperazine rings is 1. The van der Waals surface area contributed by atoms with Crippen molar-refractivity contribution in [1.29, 1.82) is 0 Å². The van der Waals surface area contributed by atoms with Crippen molar-refractivity contribution < 1.29 is 4.39 Å². The fraction of sp³-hybridized carbons (Fsp3) is 0.455. The highest BCUT2D eigenvalue weighted by Crippen LogP contribution is 2.41.